The fraction of sp³-hybridized carbons (Fsp3) is 0.571. The molecule has 0 unspecified atom stereocenters. The summed E-state index contributed by atoms with van der Waals surface area (Å²) >= 11 is 4.85. The summed E-state index contributed by atoms with van der Waals surface area (Å²) in [6.07, 6.45) is 1.76. The van der Waals surface area contributed by atoms with Gasteiger partial charge in [0.15, 0.2) is 0 Å². The first-order chi connectivity index (χ1) is 6.25. The lowest BCUT2D eigenvalue weighted by molar-refractivity contribution is 0.246. The number of nitrogens with zero attached hydrogens (tertiary/aromatic N) is 4. The highest BCUT2D eigenvalue weighted by atomic mass is 32.1. The standard InChI is InChI=1S/C7H11N5S/c8-6(13)3-11-1-2-12-5-9-10-7(12)4-11/h5H,1-4H2,(H2,8,13). The van der Waals surface area contributed by atoms with E-state index in [0.29, 0.717) is 11.5 Å². The second-order valence-corrected chi connectivity index (χ2v) is 3.64. The third-order valence-corrected chi connectivity index (χ3v) is 2.23. The van der Waals surface area contributed by atoms with Crippen LogP contribution in [0.3, 0.4) is 0 Å². The summed E-state index contributed by atoms with van der Waals surface area (Å²) in [4.78, 5) is 2.71. The Morgan fingerprint density at radius 1 is 1.62 bits per heavy atom. The molecule has 1 aromatic rings. The maximum atomic E-state index is 5.47. The van der Waals surface area contributed by atoms with Crippen LogP contribution in [0.15, 0.2) is 6.33 Å². The predicted octanol–water partition coefficient (Wildman–Crippen LogP) is -0.620. The Bertz CT molecular complexity index is 320. The van der Waals surface area contributed by atoms with Crippen LogP contribution >= 0.6 is 12.2 Å². The first kappa shape index (κ1) is 8.58. The molecule has 0 bridgehead atoms. The quantitative estimate of drug-likeness (QED) is 0.640. The molecule has 1 aliphatic rings. The number of hydrogen-bond donors (Lipinski definition) is 1. The first-order valence-electron chi connectivity index (χ1n) is 4.13. The van der Waals surface area contributed by atoms with Crippen molar-refractivity contribution in [1.29, 1.82) is 0 Å². The molecule has 0 spiro atoms. The Hall–Kier alpha value is -1.01. The van der Waals surface area contributed by atoms with Gasteiger partial charge in [-0.1, -0.05) is 12.2 Å². The van der Waals surface area contributed by atoms with Gasteiger partial charge in [0.2, 0.25) is 0 Å². The molecule has 6 heteroatoms. The van der Waals surface area contributed by atoms with Gasteiger partial charge in [0, 0.05) is 19.6 Å². The number of fused-ring (bicyclic) bond motifs is 1. The van der Waals surface area contributed by atoms with Gasteiger partial charge < -0.3 is 10.3 Å². The molecule has 2 heterocycles. The van der Waals surface area contributed by atoms with E-state index in [2.05, 4.69) is 19.7 Å². The van der Waals surface area contributed by atoms with Gasteiger partial charge in [0.25, 0.3) is 0 Å². The van der Waals surface area contributed by atoms with Crippen LogP contribution in [0, 0.1) is 0 Å². The monoisotopic (exact) mass is 197 g/mol. The molecule has 0 aromatic carbocycles. The minimum absolute atomic E-state index is 0.535. The number of hydrogen-bond acceptors (Lipinski definition) is 4. The number of nitrogens with two attached hydrogens (primary N) is 1. The molecule has 1 aromatic heterocycles. The zero-order valence-electron chi connectivity index (χ0n) is 7.18. The zero-order chi connectivity index (χ0) is 9.26. The van der Waals surface area contributed by atoms with Crippen LogP contribution in [0.25, 0.3) is 0 Å². The molecule has 2 N–H and O–H groups in total. The van der Waals surface area contributed by atoms with Gasteiger partial charge in [0.05, 0.1) is 11.5 Å². The van der Waals surface area contributed by atoms with Crippen LogP contribution in [-0.4, -0.2) is 37.7 Å². The Morgan fingerprint density at radius 2 is 2.46 bits per heavy atom. The molecule has 5 nitrogen and oxygen atoms in total. The maximum Gasteiger partial charge on any atom is 0.147 e. The smallest absolute Gasteiger partial charge is 0.147 e. The van der Waals surface area contributed by atoms with E-state index in [0.717, 1.165) is 25.5 Å². The third-order valence-electron chi connectivity index (χ3n) is 2.10. The summed E-state index contributed by atoms with van der Waals surface area (Å²) in [5.74, 6) is 0.988. The fourth-order valence-corrected chi connectivity index (χ4v) is 1.65. The van der Waals surface area contributed by atoms with Crippen LogP contribution < -0.4 is 5.73 Å². The molecule has 0 saturated carbocycles. The van der Waals surface area contributed by atoms with Crippen LogP contribution in [0.2, 0.25) is 0 Å². The van der Waals surface area contributed by atoms with E-state index in [1.165, 1.54) is 0 Å². The second-order valence-electron chi connectivity index (χ2n) is 3.12. The van der Waals surface area contributed by atoms with Crippen LogP contribution in [0.1, 0.15) is 5.82 Å². The van der Waals surface area contributed by atoms with Gasteiger partial charge in [-0.05, 0) is 0 Å². The van der Waals surface area contributed by atoms with E-state index < -0.39 is 0 Å². The van der Waals surface area contributed by atoms with Crippen molar-refractivity contribution >= 4 is 17.2 Å². The van der Waals surface area contributed by atoms with Crippen molar-refractivity contribution in [3.8, 4) is 0 Å². The van der Waals surface area contributed by atoms with Crippen molar-refractivity contribution in [2.24, 2.45) is 5.73 Å². The lowest BCUT2D eigenvalue weighted by atomic mass is 10.3. The Balaban J connectivity index is 2.04. The van der Waals surface area contributed by atoms with Crippen molar-refractivity contribution in [3.05, 3.63) is 12.2 Å². The normalized spacial score (nSPS) is 16.9. The summed E-state index contributed by atoms with van der Waals surface area (Å²) in [6.45, 7) is 3.34. The molecule has 0 radical (unpaired) electrons. The molecule has 0 fully saturated rings. The highest BCUT2D eigenvalue weighted by molar-refractivity contribution is 7.80. The van der Waals surface area contributed by atoms with Gasteiger partial charge in [-0.3, -0.25) is 4.90 Å². The third kappa shape index (κ3) is 1.84. The largest absolute Gasteiger partial charge is 0.392 e. The molecule has 13 heavy (non-hydrogen) atoms. The summed E-state index contributed by atoms with van der Waals surface area (Å²) < 4.78 is 2.05. The average molecular weight is 197 g/mol. The SMILES string of the molecule is NC(=S)CN1CCn2cnnc2C1. The van der Waals surface area contributed by atoms with Crippen molar-refractivity contribution in [2.45, 2.75) is 13.1 Å². The predicted molar refractivity (Wildman–Crippen MR) is 52.1 cm³/mol. The zero-order valence-corrected chi connectivity index (χ0v) is 8.00. The van der Waals surface area contributed by atoms with Crippen molar-refractivity contribution in [3.63, 3.8) is 0 Å². The highest BCUT2D eigenvalue weighted by Gasteiger charge is 2.17. The Labute approximate surface area is 81.5 Å². The Kier molecular flexibility index (Phi) is 2.24. The molecule has 0 atom stereocenters. The minimum Gasteiger partial charge on any atom is -0.392 e. The van der Waals surface area contributed by atoms with Gasteiger partial charge in [-0.25, -0.2) is 0 Å². The summed E-state index contributed by atoms with van der Waals surface area (Å²) in [5.41, 5.74) is 5.47. The molecular formula is C7H11N5S. The van der Waals surface area contributed by atoms with E-state index in [1.807, 2.05) is 0 Å². The van der Waals surface area contributed by atoms with Crippen LogP contribution in [0.5, 0.6) is 0 Å². The van der Waals surface area contributed by atoms with E-state index in [9.17, 15) is 0 Å². The summed E-state index contributed by atoms with van der Waals surface area (Å²) in [5, 5.41) is 7.84. The van der Waals surface area contributed by atoms with Gasteiger partial charge >= 0.3 is 0 Å². The van der Waals surface area contributed by atoms with Gasteiger partial charge in [-0.2, -0.15) is 0 Å². The van der Waals surface area contributed by atoms with Gasteiger partial charge in [-0.15, -0.1) is 10.2 Å². The lowest BCUT2D eigenvalue weighted by Crippen LogP contribution is -2.38. The van der Waals surface area contributed by atoms with E-state index in [4.69, 9.17) is 18.0 Å². The maximum absolute atomic E-state index is 5.47. The van der Waals surface area contributed by atoms with Crippen LogP contribution in [0.4, 0.5) is 0 Å². The van der Waals surface area contributed by atoms with Crippen molar-refractivity contribution in [1.82, 2.24) is 19.7 Å². The fourth-order valence-electron chi connectivity index (χ4n) is 1.47. The van der Waals surface area contributed by atoms with Crippen LogP contribution in [-0.2, 0) is 13.1 Å². The molecule has 2 rings (SSSR count). The summed E-state index contributed by atoms with van der Waals surface area (Å²) in [6, 6.07) is 0. The number of thiocarbonyl (C=S) groups is 1. The molecule has 0 aliphatic carbocycles. The van der Waals surface area contributed by atoms with E-state index in [1.54, 1.807) is 6.33 Å². The molecule has 0 saturated heterocycles. The first-order valence-corrected chi connectivity index (χ1v) is 4.54. The number of rotatable bonds is 2. The van der Waals surface area contributed by atoms with Crippen molar-refractivity contribution in [2.75, 3.05) is 13.1 Å². The molecule has 0 amide bonds. The van der Waals surface area contributed by atoms with E-state index in [-0.39, 0.29) is 0 Å². The highest BCUT2D eigenvalue weighted by Crippen LogP contribution is 2.07. The minimum atomic E-state index is 0.535. The Morgan fingerprint density at radius 3 is 3.23 bits per heavy atom. The average Bonchev–Trinajstić information content (AvgIpc) is 2.49. The molecule has 70 valence electrons. The lowest BCUT2D eigenvalue weighted by Gasteiger charge is -2.25. The van der Waals surface area contributed by atoms with Crippen molar-refractivity contribution < 1.29 is 0 Å². The summed E-state index contributed by atoms with van der Waals surface area (Å²) in [7, 11) is 0. The molecule has 1 aliphatic heterocycles. The van der Waals surface area contributed by atoms with Gasteiger partial charge in [0.1, 0.15) is 12.2 Å². The number of aromatic nitrogens is 3. The topological polar surface area (TPSA) is 60.0 Å². The van der Waals surface area contributed by atoms with E-state index >= 15 is 0 Å². The molecular weight excluding hydrogens is 186 g/mol. The second kappa shape index (κ2) is 3.39.